The summed E-state index contributed by atoms with van der Waals surface area (Å²) in [7, 11) is 0. The van der Waals surface area contributed by atoms with E-state index in [9.17, 15) is 4.39 Å². The molecular formula is C14H21FN2. The van der Waals surface area contributed by atoms with E-state index in [-0.39, 0.29) is 5.82 Å². The second-order valence-corrected chi connectivity index (χ2v) is 4.93. The minimum absolute atomic E-state index is 0.109. The molecular weight excluding hydrogens is 215 g/mol. The Balaban J connectivity index is 2.03. The van der Waals surface area contributed by atoms with E-state index in [4.69, 9.17) is 5.73 Å². The van der Waals surface area contributed by atoms with Gasteiger partial charge in [-0.25, -0.2) is 4.39 Å². The van der Waals surface area contributed by atoms with Crippen molar-refractivity contribution in [2.24, 2.45) is 11.7 Å². The number of hydrogen-bond acceptors (Lipinski definition) is 2. The van der Waals surface area contributed by atoms with E-state index in [0.717, 1.165) is 36.7 Å². The Hall–Kier alpha value is -0.930. The number of benzene rings is 1. The zero-order valence-electron chi connectivity index (χ0n) is 10.5. The van der Waals surface area contributed by atoms with Gasteiger partial charge in [-0.2, -0.15) is 0 Å². The van der Waals surface area contributed by atoms with Gasteiger partial charge in [0.25, 0.3) is 0 Å². The Bertz CT molecular complexity index is 378. The lowest BCUT2D eigenvalue weighted by Crippen LogP contribution is -2.21. The maximum Gasteiger partial charge on any atom is 0.127 e. The Labute approximate surface area is 103 Å². The average Bonchev–Trinajstić information content (AvgIpc) is 2.80. The number of likely N-dealkylation sites (tertiary alicyclic amines) is 1. The van der Waals surface area contributed by atoms with E-state index in [1.165, 1.54) is 18.9 Å². The van der Waals surface area contributed by atoms with Crippen molar-refractivity contribution in [3.05, 3.63) is 35.1 Å². The van der Waals surface area contributed by atoms with Gasteiger partial charge in [-0.15, -0.1) is 0 Å². The molecule has 1 heterocycles. The predicted octanol–water partition coefficient (Wildman–Crippen LogP) is 2.52. The maximum absolute atomic E-state index is 13.7. The van der Waals surface area contributed by atoms with Gasteiger partial charge in [0.15, 0.2) is 0 Å². The molecule has 1 atom stereocenters. The lowest BCUT2D eigenvalue weighted by atomic mass is 10.1. The number of nitrogens with zero attached hydrogens (tertiary/aromatic N) is 1. The molecule has 0 amide bonds. The Morgan fingerprint density at radius 3 is 2.94 bits per heavy atom. The predicted molar refractivity (Wildman–Crippen MR) is 68.0 cm³/mol. The number of nitrogens with two attached hydrogens (primary N) is 1. The van der Waals surface area contributed by atoms with E-state index < -0.39 is 0 Å². The van der Waals surface area contributed by atoms with Crippen LogP contribution < -0.4 is 5.73 Å². The summed E-state index contributed by atoms with van der Waals surface area (Å²) >= 11 is 0. The third-order valence-corrected chi connectivity index (χ3v) is 3.69. The highest BCUT2D eigenvalue weighted by molar-refractivity contribution is 5.25. The van der Waals surface area contributed by atoms with Gasteiger partial charge in [0.05, 0.1) is 0 Å². The minimum Gasteiger partial charge on any atom is -0.326 e. The molecule has 2 rings (SSSR count). The second kappa shape index (κ2) is 5.61. The van der Waals surface area contributed by atoms with Crippen LogP contribution in [0.2, 0.25) is 0 Å². The molecule has 0 aromatic heterocycles. The zero-order valence-corrected chi connectivity index (χ0v) is 10.5. The summed E-state index contributed by atoms with van der Waals surface area (Å²) in [6.45, 7) is 5.61. The normalized spacial score (nSPS) is 21.0. The van der Waals surface area contributed by atoms with Gasteiger partial charge in [0, 0.05) is 25.2 Å². The van der Waals surface area contributed by atoms with E-state index in [1.54, 1.807) is 6.07 Å². The molecule has 1 aromatic rings. The minimum atomic E-state index is -0.109. The number of hydrogen-bond donors (Lipinski definition) is 1. The third-order valence-electron chi connectivity index (χ3n) is 3.69. The molecule has 1 aliphatic rings. The average molecular weight is 236 g/mol. The number of rotatable bonds is 4. The largest absolute Gasteiger partial charge is 0.326 e. The summed E-state index contributed by atoms with van der Waals surface area (Å²) in [5.74, 6) is 0.679. The van der Waals surface area contributed by atoms with Gasteiger partial charge in [0.1, 0.15) is 5.82 Å². The van der Waals surface area contributed by atoms with Crippen LogP contribution in [-0.4, -0.2) is 18.0 Å². The van der Waals surface area contributed by atoms with Crippen molar-refractivity contribution < 1.29 is 4.39 Å². The van der Waals surface area contributed by atoms with E-state index in [1.807, 2.05) is 6.07 Å². The zero-order chi connectivity index (χ0) is 12.3. The summed E-state index contributed by atoms with van der Waals surface area (Å²) in [4.78, 5) is 2.34. The van der Waals surface area contributed by atoms with Crippen LogP contribution in [0, 0.1) is 11.7 Å². The molecule has 0 spiro atoms. The van der Waals surface area contributed by atoms with Crippen molar-refractivity contribution in [1.29, 1.82) is 0 Å². The van der Waals surface area contributed by atoms with Crippen LogP contribution in [0.15, 0.2) is 18.2 Å². The van der Waals surface area contributed by atoms with Crippen LogP contribution in [0.5, 0.6) is 0 Å². The molecule has 0 radical (unpaired) electrons. The first-order chi connectivity index (χ1) is 8.22. The van der Waals surface area contributed by atoms with Crippen LogP contribution in [0.3, 0.4) is 0 Å². The van der Waals surface area contributed by atoms with Crippen LogP contribution in [0.4, 0.5) is 4.39 Å². The molecule has 1 aliphatic heterocycles. The molecule has 17 heavy (non-hydrogen) atoms. The monoisotopic (exact) mass is 236 g/mol. The van der Waals surface area contributed by atoms with Gasteiger partial charge < -0.3 is 5.73 Å². The highest BCUT2D eigenvalue weighted by Crippen LogP contribution is 2.22. The first-order valence-corrected chi connectivity index (χ1v) is 6.42. The van der Waals surface area contributed by atoms with Crippen LogP contribution in [0.1, 0.15) is 30.9 Å². The fraction of sp³-hybridized carbons (Fsp3) is 0.571. The first kappa shape index (κ1) is 12.5. The van der Waals surface area contributed by atoms with Gasteiger partial charge in [-0.3, -0.25) is 4.90 Å². The van der Waals surface area contributed by atoms with Gasteiger partial charge in [-0.05, 0) is 30.5 Å². The number of halogens is 1. The maximum atomic E-state index is 13.7. The molecule has 1 unspecified atom stereocenters. The molecule has 3 heteroatoms. The summed E-state index contributed by atoms with van der Waals surface area (Å²) in [6.07, 6.45) is 2.47. The fourth-order valence-corrected chi connectivity index (χ4v) is 2.51. The van der Waals surface area contributed by atoms with Crippen molar-refractivity contribution in [3.63, 3.8) is 0 Å². The molecule has 94 valence electrons. The third kappa shape index (κ3) is 3.05. The summed E-state index contributed by atoms with van der Waals surface area (Å²) in [6, 6.07) is 5.19. The molecule has 1 fully saturated rings. The van der Waals surface area contributed by atoms with Crippen LogP contribution >= 0.6 is 0 Å². The van der Waals surface area contributed by atoms with Crippen molar-refractivity contribution >= 4 is 0 Å². The van der Waals surface area contributed by atoms with Gasteiger partial charge in [-0.1, -0.05) is 25.5 Å². The second-order valence-electron chi connectivity index (χ2n) is 4.93. The molecule has 2 nitrogen and oxygen atoms in total. The van der Waals surface area contributed by atoms with Gasteiger partial charge in [0.2, 0.25) is 0 Å². The fourth-order valence-electron chi connectivity index (χ4n) is 2.51. The van der Waals surface area contributed by atoms with Crippen molar-refractivity contribution in [1.82, 2.24) is 4.90 Å². The Kier molecular flexibility index (Phi) is 4.13. The van der Waals surface area contributed by atoms with Crippen molar-refractivity contribution in [3.8, 4) is 0 Å². The molecule has 1 aromatic carbocycles. The lowest BCUT2D eigenvalue weighted by Gasteiger charge is -2.16. The highest BCUT2D eigenvalue weighted by Gasteiger charge is 2.21. The smallest absolute Gasteiger partial charge is 0.127 e. The standard InChI is InChI=1S/C14H21FN2/c1-2-11-5-6-17(9-11)10-13-7-12(8-16)3-4-14(13)15/h3-4,7,11H,2,5-6,8-10,16H2,1H3. The topological polar surface area (TPSA) is 29.3 Å². The molecule has 0 bridgehead atoms. The molecule has 0 saturated carbocycles. The summed E-state index contributed by atoms with van der Waals surface area (Å²) in [5.41, 5.74) is 7.37. The van der Waals surface area contributed by atoms with Crippen molar-refractivity contribution in [2.45, 2.75) is 32.9 Å². The molecule has 2 N–H and O–H groups in total. The lowest BCUT2D eigenvalue weighted by molar-refractivity contribution is 0.310. The van der Waals surface area contributed by atoms with Crippen molar-refractivity contribution in [2.75, 3.05) is 13.1 Å². The van der Waals surface area contributed by atoms with E-state index in [2.05, 4.69) is 11.8 Å². The Morgan fingerprint density at radius 2 is 2.29 bits per heavy atom. The quantitative estimate of drug-likeness (QED) is 0.870. The highest BCUT2D eigenvalue weighted by atomic mass is 19.1. The molecule has 0 aliphatic carbocycles. The SMILES string of the molecule is CCC1CCN(Cc2cc(CN)ccc2F)C1. The van der Waals surface area contributed by atoms with E-state index in [0.29, 0.717) is 6.54 Å². The Morgan fingerprint density at radius 1 is 1.47 bits per heavy atom. The molecule has 1 saturated heterocycles. The summed E-state index contributed by atoms with van der Waals surface area (Å²) in [5, 5.41) is 0. The van der Waals surface area contributed by atoms with Gasteiger partial charge >= 0.3 is 0 Å². The van der Waals surface area contributed by atoms with Crippen LogP contribution in [-0.2, 0) is 13.1 Å². The van der Waals surface area contributed by atoms with E-state index >= 15 is 0 Å². The first-order valence-electron chi connectivity index (χ1n) is 6.42. The summed E-state index contributed by atoms with van der Waals surface area (Å²) < 4.78 is 13.7. The van der Waals surface area contributed by atoms with Crippen LogP contribution in [0.25, 0.3) is 0 Å².